The van der Waals surface area contributed by atoms with Gasteiger partial charge in [-0.2, -0.15) is 0 Å². The average molecular weight is 216 g/mol. The van der Waals surface area contributed by atoms with Crippen molar-refractivity contribution in [3.8, 4) is 0 Å². The van der Waals surface area contributed by atoms with Crippen LogP contribution >= 0.6 is 23.2 Å². The predicted molar refractivity (Wildman–Crippen MR) is 56.7 cm³/mol. The molecule has 13 heavy (non-hydrogen) atoms. The Morgan fingerprint density at radius 3 is 2.62 bits per heavy atom. The van der Waals surface area contributed by atoms with Crippen molar-refractivity contribution in [3.63, 3.8) is 0 Å². The van der Waals surface area contributed by atoms with Crippen molar-refractivity contribution in [2.75, 3.05) is 6.54 Å². The van der Waals surface area contributed by atoms with Crippen molar-refractivity contribution in [3.05, 3.63) is 33.8 Å². The Morgan fingerprint density at radius 1 is 1.38 bits per heavy atom. The first kappa shape index (κ1) is 9.32. The van der Waals surface area contributed by atoms with E-state index in [1.807, 2.05) is 18.2 Å². The highest BCUT2D eigenvalue weighted by Crippen LogP contribution is 2.32. The molecule has 0 aliphatic carbocycles. The van der Waals surface area contributed by atoms with E-state index in [1.54, 1.807) is 0 Å². The molecule has 1 aromatic carbocycles. The van der Waals surface area contributed by atoms with Crippen LogP contribution in [-0.2, 0) is 0 Å². The molecule has 2 rings (SSSR count). The summed E-state index contributed by atoms with van der Waals surface area (Å²) in [6.45, 7) is 3.18. The van der Waals surface area contributed by atoms with Gasteiger partial charge in [-0.1, -0.05) is 29.3 Å². The summed E-state index contributed by atoms with van der Waals surface area (Å²) in [5.41, 5.74) is 1.21. The molecule has 1 aliphatic heterocycles. The third-order valence-electron chi connectivity index (χ3n) is 2.63. The first-order valence-electron chi connectivity index (χ1n) is 4.37. The van der Waals surface area contributed by atoms with Gasteiger partial charge in [-0.25, -0.2) is 0 Å². The number of hydrogen-bond acceptors (Lipinski definition) is 1. The highest BCUT2D eigenvalue weighted by Gasteiger charge is 2.28. The van der Waals surface area contributed by atoms with Gasteiger partial charge in [0, 0.05) is 28.5 Å². The van der Waals surface area contributed by atoms with E-state index in [2.05, 4.69) is 12.2 Å². The summed E-state index contributed by atoms with van der Waals surface area (Å²) in [4.78, 5) is 0. The lowest BCUT2D eigenvalue weighted by molar-refractivity contribution is 0.334. The molecule has 1 N–H and O–H groups in total. The third-order valence-corrected chi connectivity index (χ3v) is 3.19. The lowest BCUT2D eigenvalue weighted by Gasteiger charge is -2.36. The van der Waals surface area contributed by atoms with Gasteiger partial charge < -0.3 is 5.32 Å². The molecular weight excluding hydrogens is 205 g/mol. The molecule has 0 aromatic heterocycles. The quantitative estimate of drug-likeness (QED) is 0.760. The molecule has 1 nitrogen and oxygen atoms in total. The van der Waals surface area contributed by atoms with Gasteiger partial charge in [0.15, 0.2) is 0 Å². The highest BCUT2D eigenvalue weighted by molar-refractivity contribution is 6.35. The Bertz CT molecular complexity index is 325. The summed E-state index contributed by atoms with van der Waals surface area (Å²) in [5, 5.41) is 4.79. The van der Waals surface area contributed by atoms with Crippen LogP contribution in [0.2, 0.25) is 10.0 Å². The van der Waals surface area contributed by atoms with Gasteiger partial charge in [-0.15, -0.1) is 0 Å². The van der Waals surface area contributed by atoms with Crippen LogP contribution in [0, 0.1) is 0 Å². The minimum Gasteiger partial charge on any atom is -0.313 e. The lowest BCUT2D eigenvalue weighted by Crippen LogP contribution is -2.48. The zero-order valence-corrected chi connectivity index (χ0v) is 8.86. The van der Waals surface area contributed by atoms with Crippen LogP contribution in [-0.4, -0.2) is 12.6 Å². The molecule has 0 amide bonds. The van der Waals surface area contributed by atoms with Gasteiger partial charge in [0.05, 0.1) is 0 Å². The summed E-state index contributed by atoms with van der Waals surface area (Å²) >= 11 is 11.9. The minimum absolute atomic E-state index is 0.527. The maximum Gasteiger partial charge on any atom is 0.0456 e. The Labute approximate surface area is 88.0 Å². The fourth-order valence-electron chi connectivity index (χ4n) is 1.65. The first-order valence-corrected chi connectivity index (χ1v) is 5.12. The fourth-order valence-corrected chi connectivity index (χ4v) is 2.20. The smallest absolute Gasteiger partial charge is 0.0456 e. The molecule has 2 unspecified atom stereocenters. The molecule has 1 heterocycles. The van der Waals surface area contributed by atoms with Crippen LogP contribution in [0.1, 0.15) is 18.4 Å². The maximum atomic E-state index is 6.09. The van der Waals surface area contributed by atoms with Gasteiger partial charge in [-0.05, 0) is 24.6 Å². The van der Waals surface area contributed by atoms with E-state index in [-0.39, 0.29) is 0 Å². The first-order chi connectivity index (χ1) is 6.18. The largest absolute Gasteiger partial charge is 0.313 e. The zero-order chi connectivity index (χ0) is 9.42. The van der Waals surface area contributed by atoms with Crippen LogP contribution in [0.25, 0.3) is 0 Å². The van der Waals surface area contributed by atoms with E-state index in [1.165, 1.54) is 5.56 Å². The van der Waals surface area contributed by atoms with Gasteiger partial charge in [0.1, 0.15) is 0 Å². The van der Waals surface area contributed by atoms with Crippen LogP contribution in [0.15, 0.2) is 18.2 Å². The van der Waals surface area contributed by atoms with E-state index >= 15 is 0 Å². The van der Waals surface area contributed by atoms with Crippen molar-refractivity contribution in [2.24, 2.45) is 0 Å². The van der Waals surface area contributed by atoms with E-state index in [9.17, 15) is 0 Å². The van der Waals surface area contributed by atoms with E-state index < -0.39 is 0 Å². The second-order valence-electron chi connectivity index (χ2n) is 3.47. The molecule has 0 radical (unpaired) electrons. The van der Waals surface area contributed by atoms with Gasteiger partial charge in [0.25, 0.3) is 0 Å². The zero-order valence-electron chi connectivity index (χ0n) is 7.35. The van der Waals surface area contributed by atoms with Crippen molar-refractivity contribution in [1.82, 2.24) is 5.32 Å². The third kappa shape index (κ3) is 1.69. The molecular formula is C10H11Cl2N. The average Bonchev–Trinajstić information content (AvgIpc) is 2.07. The fraction of sp³-hybridized carbons (Fsp3) is 0.400. The number of benzene rings is 1. The second kappa shape index (κ2) is 3.49. The van der Waals surface area contributed by atoms with Crippen LogP contribution in [0.5, 0.6) is 0 Å². The second-order valence-corrected chi connectivity index (χ2v) is 4.31. The maximum absolute atomic E-state index is 6.09. The summed E-state index contributed by atoms with van der Waals surface area (Å²) < 4.78 is 0. The van der Waals surface area contributed by atoms with Crippen LogP contribution in [0.4, 0.5) is 0 Å². The molecule has 0 bridgehead atoms. The summed E-state index contributed by atoms with van der Waals surface area (Å²) in [5.74, 6) is 0.546. The Morgan fingerprint density at radius 2 is 2.15 bits per heavy atom. The van der Waals surface area contributed by atoms with E-state index in [0.717, 1.165) is 11.6 Å². The lowest BCUT2D eigenvalue weighted by atomic mass is 9.86. The summed E-state index contributed by atoms with van der Waals surface area (Å²) in [6, 6.07) is 6.25. The van der Waals surface area contributed by atoms with Crippen molar-refractivity contribution in [2.45, 2.75) is 18.9 Å². The Balaban J connectivity index is 2.30. The molecule has 3 heteroatoms. The van der Waals surface area contributed by atoms with Crippen LogP contribution < -0.4 is 5.32 Å². The highest BCUT2D eigenvalue weighted by atomic mass is 35.5. The molecule has 1 fully saturated rings. The molecule has 70 valence electrons. The van der Waals surface area contributed by atoms with Crippen LogP contribution in [0.3, 0.4) is 0 Å². The molecule has 0 spiro atoms. The normalized spacial score (nSPS) is 27.0. The predicted octanol–water partition coefficient (Wildman–Crippen LogP) is 3.07. The van der Waals surface area contributed by atoms with Crippen molar-refractivity contribution in [1.29, 1.82) is 0 Å². The SMILES string of the molecule is CC1NCC1c1ccc(Cl)cc1Cl. The molecule has 1 aromatic rings. The summed E-state index contributed by atoms with van der Waals surface area (Å²) in [6.07, 6.45) is 0. The van der Waals surface area contributed by atoms with Gasteiger partial charge >= 0.3 is 0 Å². The number of nitrogens with one attached hydrogen (secondary N) is 1. The number of halogens is 2. The molecule has 0 saturated carbocycles. The van der Waals surface area contributed by atoms with Crippen molar-refractivity contribution >= 4 is 23.2 Å². The van der Waals surface area contributed by atoms with E-state index in [4.69, 9.17) is 23.2 Å². The number of hydrogen-bond donors (Lipinski definition) is 1. The topological polar surface area (TPSA) is 12.0 Å². The molecule has 1 aliphatic rings. The van der Waals surface area contributed by atoms with E-state index in [0.29, 0.717) is 17.0 Å². The minimum atomic E-state index is 0.527. The monoisotopic (exact) mass is 215 g/mol. The molecule has 2 atom stereocenters. The van der Waals surface area contributed by atoms with Gasteiger partial charge in [0.2, 0.25) is 0 Å². The Kier molecular flexibility index (Phi) is 2.50. The van der Waals surface area contributed by atoms with Crippen molar-refractivity contribution < 1.29 is 0 Å². The standard InChI is InChI=1S/C10H11Cl2N/c1-6-9(5-13-6)8-3-2-7(11)4-10(8)12/h2-4,6,9,13H,5H2,1H3. The molecule has 1 saturated heterocycles. The number of rotatable bonds is 1. The van der Waals surface area contributed by atoms with Gasteiger partial charge in [-0.3, -0.25) is 0 Å². The Hall–Kier alpha value is -0.240. The summed E-state index contributed by atoms with van der Waals surface area (Å²) in [7, 11) is 0.